The zero-order chi connectivity index (χ0) is 14.0. The fraction of sp³-hybridized carbons (Fsp3) is 0.538. The maximum atomic E-state index is 11.4. The van der Waals surface area contributed by atoms with Gasteiger partial charge in [-0.25, -0.2) is 13.6 Å². The number of hydrogen-bond donors (Lipinski definition) is 1. The molecule has 0 radical (unpaired) electrons. The minimum atomic E-state index is -3.68. The molecule has 1 saturated heterocycles. The van der Waals surface area contributed by atoms with Crippen LogP contribution in [0.3, 0.4) is 0 Å². The molecule has 0 bridgehead atoms. The number of sulfonamides is 1. The van der Waals surface area contributed by atoms with Gasteiger partial charge >= 0.3 is 0 Å². The molecule has 2 rings (SSSR count). The first-order chi connectivity index (χ1) is 8.88. The number of benzene rings is 1. The lowest BCUT2D eigenvalue weighted by Crippen LogP contribution is -2.26. The topological polar surface area (TPSA) is 78.6 Å². The van der Waals surface area contributed by atoms with Crippen molar-refractivity contribution < 1.29 is 17.9 Å². The van der Waals surface area contributed by atoms with Gasteiger partial charge in [-0.15, -0.1) is 0 Å². The molecule has 0 saturated carbocycles. The molecule has 0 aromatic heterocycles. The Morgan fingerprint density at radius 1 is 1.21 bits per heavy atom. The van der Waals surface area contributed by atoms with Crippen LogP contribution in [0.15, 0.2) is 17.0 Å². The van der Waals surface area contributed by atoms with Crippen molar-refractivity contribution in [3.63, 3.8) is 0 Å². The lowest BCUT2D eigenvalue weighted by atomic mass is 10.1. The van der Waals surface area contributed by atoms with E-state index in [9.17, 15) is 8.42 Å². The van der Waals surface area contributed by atoms with Crippen molar-refractivity contribution >= 4 is 10.0 Å². The first-order valence-corrected chi connectivity index (χ1v) is 7.81. The van der Waals surface area contributed by atoms with E-state index in [1.54, 1.807) is 19.1 Å². The molecular weight excluding hydrogens is 266 g/mol. The van der Waals surface area contributed by atoms with E-state index in [4.69, 9.17) is 14.6 Å². The molecule has 106 valence electrons. The first-order valence-electron chi connectivity index (χ1n) is 6.26. The smallest absolute Gasteiger partial charge is 0.238 e. The monoisotopic (exact) mass is 285 g/mol. The summed E-state index contributed by atoms with van der Waals surface area (Å²) >= 11 is 0. The summed E-state index contributed by atoms with van der Waals surface area (Å²) in [5.74, 6) is 0.719. The standard InChI is InChI=1S/C13H19NO4S/c1-9-8-13(19(14,15)16)10(2)7-12(9)18-11-3-5-17-6-4-11/h7-8,11H,3-6H2,1-2H3,(H2,14,15,16). The van der Waals surface area contributed by atoms with Crippen molar-refractivity contribution in [3.05, 3.63) is 23.3 Å². The average molecular weight is 285 g/mol. The van der Waals surface area contributed by atoms with Gasteiger partial charge in [-0.3, -0.25) is 0 Å². The second-order valence-electron chi connectivity index (χ2n) is 4.86. The van der Waals surface area contributed by atoms with E-state index < -0.39 is 10.0 Å². The molecule has 6 heteroatoms. The fourth-order valence-corrected chi connectivity index (χ4v) is 3.02. The van der Waals surface area contributed by atoms with Crippen molar-refractivity contribution in [2.24, 2.45) is 5.14 Å². The molecule has 1 aliphatic heterocycles. The summed E-state index contributed by atoms with van der Waals surface area (Å²) in [5.41, 5.74) is 1.39. The second-order valence-corrected chi connectivity index (χ2v) is 6.39. The Balaban J connectivity index is 2.25. The largest absolute Gasteiger partial charge is 0.490 e. The summed E-state index contributed by atoms with van der Waals surface area (Å²) in [4.78, 5) is 0.157. The van der Waals surface area contributed by atoms with Crippen LogP contribution in [0, 0.1) is 13.8 Å². The molecular formula is C13H19NO4S. The SMILES string of the molecule is Cc1cc(S(N)(=O)=O)c(C)cc1OC1CCOCC1. The van der Waals surface area contributed by atoms with Gasteiger partial charge in [-0.05, 0) is 37.1 Å². The maximum Gasteiger partial charge on any atom is 0.238 e. The maximum absolute atomic E-state index is 11.4. The van der Waals surface area contributed by atoms with Gasteiger partial charge < -0.3 is 9.47 Å². The number of primary sulfonamides is 1. The van der Waals surface area contributed by atoms with Crippen LogP contribution in [0.1, 0.15) is 24.0 Å². The van der Waals surface area contributed by atoms with Crippen LogP contribution < -0.4 is 9.88 Å². The van der Waals surface area contributed by atoms with Crippen LogP contribution in [0.2, 0.25) is 0 Å². The van der Waals surface area contributed by atoms with E-state index >= 15 is 0 Å². The number of nitrogens with two attached hydrogens (primary N) is 1. The Hall–Kier alpha value is -1.11. The quantitative estimate of drug-likeness (QED) is 0.913. The Morgan fingerprint density at radius 3 is 2.42 bits per heavy atom. The van der Waals surface area contributed by atoms with Gasteiger partial charge in [0.2, 0.25) is 10.0 Å². The molecule has 1 aromatic rings. The molecule has 0 atom stereocenters. The summed E-state index contributed by atoms with van der Waals surface area (Å²) in [5, 5.41) is 5.18. The molecule has 1 aromatic carbocycles. The van der Waals surface area contributed by atoms with E-state index in [-0.39, 0.29) is 11.0 Å². The normalized spacial score (nSPS) is 17.4. The van der Waals surface area contributed by atoms with E-state index in [2.05, 4.69) is 0 Å². The molecule has 1 heterocycles. The molecule has 5 nitrogen and oxygen atoms in total. The van der Waals surface area contributed by atoms with Gasteiger partial charge in [0.15, 0.2) is 0 Å². The number of hydrogen-bond acceptors (Lipinski definition) is 4. The lowest BCUT2D eigenvalue weighted by molar-refractivity contribution is 0.0252. The van der Waals surface area contributed by atoms with Crippen LogP contribution >= 0.6 is 0 Å². The average Bonchev–Trinajstić information content (AvgIpc) is 2.33. The molecule has 1 aliphatic rings. The third-order valence-corrected chi connectivity index (χ3v) is 4.29. The summed E-state index contributed by atoms with van der Waals surface area (Å²) in [6, 6.07) is 3.31. The molecule has 19 heavy (non-hydrogen) atoms. The van der Waals surface area contributed by atoms with Crippen molar-refractivity contribution in [2.75, 3.05) is 13.2 Å². The van der Waals surface area contributed by atoms with Gasteiger partial charge in [-0.2, -0.15) is 0 Å². The number of aryl methyl sites for hydroxylation is 2. The van der Waals surface area contributed by atoms with Crippen molar-refractivity contribution in [1.29, 1.82) is 0 Å². The zero-order valence-corrected chi connectivity index (χ0v) is 12.0. The predicted octanol–water partition coefficient (Wildman–Crippen LogP) is 1.51. The second kappa shape index (κ2) is 5.48. The minimum Gasteiger partial charge on any atom is -0.490 e. The van der Waals surface area contributed by atoms with E-state index in [0.29, 0.717) is 18.8 Å². The molecule has 1 fully saturated rings. The van der Waals surface area contributed by atoms with Crippen LogP contribution in [0.25, 0.3) is 0 Å². The summed E-state index contributed by atoms with van der Waals surface area (Å²) in [6.45, 7) is 4.95. The highest BCUT2D eigenvalue weighted by Crippen LogP contribution is 2.27. The zero-order valence-electron chi connectivity index (χ0n) is 11.2. The molecule has 0 amide bonds. The van der Waals surface area contributed by atoms with E-state index in [1.165, 1.54) is 0 Å². The Morgan fingerprint density at radius 2 is 1.84 bits per heavy atom. The number of rotatable bonds is 3. The minimum absolute atomic E-state index is 0.132. The van der Waals surface area contributed by atoms with Crippen LogP contribution in [0.5, 0.6) is 5.75 Å². The highest BCUT2D eigenvalue weighted by molar-refractivity contribution is 7.89. The first kappa shape index (κ1) is 14.3. The van der Waals surface area contributed by atoms with Crippen molar-refractivity contribution in [1.82, 2.24) is 0 Å². The van der Waals surface area contributed by atoms with Gasteiger partial charge in [0.05, 0.1) is 18.1 Å². The predicted molar refractivity (Wildman–Crippen MR) is 71.8 cm³/mol. The number of ether oxygens (including phenoxy) is 2. The fourth-order valence-electron chi connectivity index (χ4n) is 2.17. The van der Waals surface area contributed by atoms with E-state index in [0.717, 1.165) is 24.2 Å². The summed E-state index contributed by atoms with van der Waals surface area (Å²) in [7, 11) is -3.68. The Labute approximate surface area is 113 Å². The molecule has 0 aliphatic carbocycles. The van der Waals surface area contributed by atoms with Crippen molar-refractivity contribution in [3.8, 4) is 5.75 Å². The highest BCUT2D eigenvalue weighted by atomic mass is 32.2. The van der Waals surface area contributed by atoms with Crippen LogP contribution in [-0.4, -0.2) is 27.7 Å². The van der Waals surface area contributed by atoms with Crippen LogP contribution in [0.4, 0.5) is 0 Å². The van der Waals surface area contributed by atoms with Crippen molar-refractivity contribution in [2.45, 2.75) is 37.7 Å². The Kier molecular flexibility index (Phi) is 4.13. The molecule has 2 N–H and O–H groups in total. The van der Waals surface area contributed by atoms with Gasteiger partial charge in [0, 0.05) is 12.8 Å². The summed E-state index contributed by atoms with van der Waals surface area (Å²) < 4.78 is 34.1. The molecule has 0 unspecified atom stereocenters. The van der Waals surface area contributed by atoms with Gasteiger partial charge in [0.25, 0.3) is 0 Å². The Bertz CT molecular complexity index is 562. The highest BCUT2D eigenvalue weighted by Gasteiger charge is 2.19. The van der Waals surface area contributed by atoms with Gasteiger partial charge in [0.1, 0.15) is 11.9 Å². The molecule has 0 spiro atoms. The third kappa shape index (κ3) is 3.46. The van der Waals surface area contributed by atoms with Gasteiger partial charge in [-0.1, -0.05) is 0 Å². The van der Waals surface area contributed by atoms with Crippen LogP contribution in [-0.2, 0) is 14.8 Å². The third-order valence-electron chi connectivity index (χ3n) is 3.24. The lowest BCUT2D eigenvalue weighted by Gasteiger charge is -2.24. The van der Waals surface area contributed by atoms with E-state index in [1.807, 2.05) is 6.92 Å². The summed E-state index contributed by atoms with van der Waals surface area (Å²) in [6.07, 6.45) is 1.84.